The van der Waals surface area contributed by atoms with Crippen LogP contribution in [0.3, 0.4) is 0 Å². The van der Waals surface area contributed by atoms with E-state index in [1.807, 2.05) is 38.1 Å². The van der Waals surface area contributed by atoms with Crippen LogP contribution in [-0.4, -0.2) is 23.3 Å². The minimum absolute atomic E-state index is 0.0277. The van der Waals surface area contributed by atoms with Crippen LogP contribution in [0.2, 0.25) is 0 Å². The summed E-state index contributed by atoms with van der Waals surface area (Å²) in [5.74, 6) is -0.552. The first-order valence-corrected chi connectivity index (χ1v) is 8.94. The van der Waals surface area contributed by atoms with Crippen LogP contribution in [0, 0.1) is 5.82 Å². The van der Waals surface area contributed by atoms with Gasteiger partial charge in [-0.1, -0.05) is 43.3 Å². The Morgan fingerprint density at radius 2 is 1.92 bits per heavy atom. The van der Waals surface area contributed by atoms with Crippen molar-refractivity contribution in [2.75, 3.05) is 6.54 Å². The van der Waals surface area contributed by atoms with Crippen LogP contribution in [0.1, 0.15) is 49.0 Å². The van der Waals surface area contributed by atoms with Gasteiger partial charge in [-0.15, -0.1) is 0 Å². The average molecular weight is 354 g/mol. The first-order valence-electron chi connectivity index (χ1n) is 8.94. The van der Waals surface area contributed by atoms with Crippen LogP contribution in [0.15, 0.2) is 48.5 Å². The van der Waals surface area contributed by atoms with Gasteiger partial charge in [0.15, 0.2) is 0 Å². The Balaban J connectivity index is 1.87. The minimum atomic E-state index is -0.629. The van der Waals surface area contributed by atoms with Gasteiger partial charge in [0, 0.05) is 6.54 Å². The van der Waals surface area contributed by atoms with E-state index in [-0.39, 0.29) is 23.7 Å². The molecule has 2 aromatic rings. The molecular weight excluding hydrogens is 331 g/mol. The molecule has 0 aliphatic carbocycles. The molecule has 0 saturated heterocycles. The topological polar surface area (TPSA) is 49.4 Å². The highest BCUT2D eigenvalue weighted by molar-refractivity contribution is 5.92. The van der Waals surface area contributed by atoms with Gasteiger partial charge in [-0.25, -0.2) is 4.39 Å². The van der Waals surface area contributed by atoms with E-state index >= 15 is 0 Å². The lowest BCUT2D eigenvalue weighted by atomic mass is 9.91. The quantitative estimate of drug-likeness (QED) is 0.893. The largest absolute Gasteiger partial charge is 0.347 e. The van der Waals surface area contributed by atoms with Crippen molar-refractivity contribution in [1.29, 1.82) is 0 Å². The lowest BCUT2D eigenvalue weighted by Crippen LogP contribution is -2.48. The number of carbonyl (C=O) groups excluding carboxylic acids is 2. The summed E-state index contributed by atoms with van der Waals surface area (Å²) in [6, 6.07) is 12.7. The highest BCUT2D eigenvalue weighted by Gasteiger charge is 2.36. The van der Waals surface area contributed by atoms with E-state index in [4.69, 9.17) is 0 Å². The molecule has 0 spiro atoms. The number of rotatable bonds is 5. The third kappa shape index (κ3) is 3.62. The van der Waals surface area contributed by atoms with Gasteiger partial charge in [0.05, 0.1) is 12.5 Å². The van der Waals surface area contributed by atoms with Gasteiger partial charge in [0.25, 0.3) is 0 Å². The zero-order valence-electron chi connectivity index (χ0n) is 15.0. The summed E-state index contributed by atoms with van der Waals surface area (Å²) in [6.07, 6.45) is 1.11. The van der Waals surface area contributed by atoms with Crippen LogP contribution in [0.5, 0.6) is 0 Å². The van der Waals surface area contributed by atoms with Crippen LogP contribution >= 0.6 is 0 Å². The highest BCUT2D eigenvalue weighted by atomic mass is 19.1. The van der Waals surface area contributed by atoms with Crippen LogP contribution < -0.4 is 5.32 Å². The van der Waals surface area contributed by atoms with Gasteiger partial charge in [-0.05, 0) is 42.2 Å². The summed E-state index contributed by atoms with van der Waals surface area (Å²) in [5, 5.41) is 2.98. The maximum Gasteiger partial charge on any atom is 0.247 e. The van der Waals surface area contributed by atoms with Gasteiger partial charge in [-0.3, -0.25) is 9.59 Å². The Labute approximate surface area is 153 Å². The fourth-order valence-corrected chi connectivity index (χ4v) is 3.44. The van der Waals surface area contributed by atoms with Gasteiger partial charge < -0.3 is 10.2 Å². The monoisotopic (exact) mass is 354 g/mol. The number of nitrogens with zero attached hydrogens (tertiary/aromatic N) is 1. The predicted molar refractivity (Wildman–Crippen MR) is 97.8 cm³/mol. The fourth-order valence-electron chi connectivity index (χ4n) is 3.44. The number of benzene rings is 2. The maximum atomic E-state index is 13.1. The summed E-state index contributed by atoms with van der Waals surface area (Å²) < 4.78 is 13.1. The molecule has 26 heavy (non-hydrogen) atoms. The Morgan fingerprint density at radius 1 is 1.23 bits per heavy atom. The molecule has 1 aliphatic rings. The fraction of sp³-hybridized carbons (Fsp3) is 0.333. The van der Waals surface area contributed by atoms with Crippen molar-refractivity contribution in [2.45, 2.75) is 38.8 Å². The molecule has 2 amide bonds. The van der Waals surface area contributed by atoms with Gasteiger partial charge >= 0.3 is 0 Å². The van der Waals surface area contributed by atoms with E-state index in [0.29, 0.717) is 13.0 Å². The molecule has 0 aromatic heterocycles. The van der Waals surface area contributed by atoms with Crippen molar-refractivity contribution in [2.24, 2.45) is 0 Å². The van der Waals surface area contributed by atoms with Gasteiger partial charge in [0.1, 0.15) is 11.9 Å². The molecule has 5 heteroatoms. The number of halogens is 1. The third-order valence-electron chi connectivity index (χ3n) is 4.77. The molecule has 4 nitrogen and oxygen atoms in total. The van der Waals surface area contributed by atoms with Crippen LogP contribution in [-0.2, 0) is 16.0 Å². The number of amides is 2. The third-order valence-corrected chi connectivity index (χ3v) is 4.77. The molecule has 1 aliphatic heterocycles. The molecule has 3 rings (SSSR count). The van der Waals surface area contributed by atoms with E-state index < -0.39 is 6.04 Å². The Morgan fingerprint density at radius 3 is 2.62 bits per heavy atom. The number of fused-ring (bicyclic) bond motifs is 1. The zero-order valence-corrected chi connectivity index (χ0v) is 15.0. The summed E-state index contributed by atoms with van der Waals surface area (Å²) in [5.41, 5.74) is 2.60. The van der Waals surface area contributed by atoms with Crippen molar-refractivity contribution in [3.05, 3.63) is 71.0 Å². The van der Waals surface area contributed by atoms with Crippen molar-refractivity contribution < 1.29 is 14.0 Å². The second-order valence-corrected chi connectivity index (χ2v) is 6.65. The second kappa shape index (κ2) is 7.68. The summed E-state index contributed by atoms with van der Waals surface area (Å²) >= 11 is 0. The van der Waals surface area contributed by atoms with Crippen molar-refractivity contribution >= 4 is 11.8 Å². The SMILES string of the molecule is CCCN1C(=O)Cc2ccccc2[C@@H]1C(=O)N[C@@H](C)c1ccc(F)cc1. The molecule has 0 unspecified atom stereocenters. The predicted octanol–water partition coefficient (Wildman–Crippen LogP) is 3.54. The molecule has 1 heterocycles. The number of nitrogens with one attached hydrogen (secondary N) is 1. The van der Waals surface area contributed by atoms with E-state index in [9.17, 15) is 14.0 Å². The summed E-state index contributed by atoms with van der Waals surface area (Å²) in [6.45, 7) is 4.38. The minimum Gasteiger partial charge on any atom is -0.347 e. The molecule has 0 saturated carbocycles. The van der Waals surface area contributed by atoms with E-state index in [0.717, 1.165) is 23.1 Å². The molecule has 0 radical (unpaired) electrons. The molecule has 136 valence electrons. The molecular formula is C21H23FN2O2. The van der Waals surface area contributed by atoms with E-state index in [1.165, 1.54) is 12.1 Å². The van der Waals surface area contributed by atoms with Crippen molar-refractivity contribution in [3.8, 4) is 0 Å². The lowest BCUT2D eigenvalue weighted by molar-refractivity contribution is -0.141. The van der Waals surface area contributed by atoms with E-state index in [2.05, 4.69) is 5.32 Å². The van der Waals surface area contributed by atoms with Gasteiger partial charge in [0.2, 0.25) is 11.8 Å². The highest BCUT2D eigenvalue weighted by Crippen LogP contribution is 2.31. The second-order valence-electron chi connectivity index (χ2n) is 6.65. The number of hydrogen-bond acceptors (Lipinski definition) is 2. The smallest absolute Gasteiger partial charge is 0.247 e. The standard InChI is InChI=1S/C21H23FN2O2/c1-3-12-24-19(25)13-16-6-4-5-7-18(16)20(24)21(26)23-14(2)15-8-10-17(22)11-9-15/h4-11,14,20H,3,12-13H2,1-2H3,(H,23,26)/t14-,20+/m0/s1. The first kappa shape index (κ1) is 18.1. The van der Waals surface area contributed by atoms with Crippen LogP contribution in [0.25, 0.3) is 0 Å². The van der Waals surface area contributed by atoms with Crippen molar-refractivity contribution in [1.82, 2.24) is 10.2 Å². The van der Waals surface area contributed by atoms with Crippen molar-refractivity contribution in [3.63, 3.8) is 0 Å². The van der Waals surface area contributed by atoms with E-state index in [1.54, 1.807) is 17.0 Å². The van der Waals surface area contributed by atoms with Crippen LogP contribution in [0.4, 0.5) is 4.39 Å². The number of hydrogen-bond donors (Lipinski definition) is 1. The normalized spacial score (nSPS) is 17.6. The molecule has 0 bridgehead atoms. The Kier molecular flexibility index (Phi) is 5.35. The molecule has 1 N–H and O–H groups in total. The molecule has 2 aromatic carbocycles. The van der Waals surface area contributed by atoms with Gasteiger partial charge in [-0.2, -0.15) is 0 Å². The Bertz CT molecular complexity index is 804. The molecule has 0 fully saturated rings. The summed E-state index contributed by atoms with van der Waals surface area (Å²) in [4.78, 5) is 27.3. The maximum absolute atomic E-state index is 13.1. The lowest BCUT2D eigenvalue weighted by Gasteiger charge is -2.36. The Hall–Kier alpha value is -2.69. The molecule has 2 atom stereocenters. The summed E-state index contributed by atoms with van der Waals surface area (Å²) in [7, 11) is 0. The number of carbonyl (C=O) groups is 2. The average Bonchev–Trinajstić information content (AvgIpc) is 2.62. The first-order chi connectivity index (χ1) is 12.5. The zero-order chi connectivity index (χ0) is 18.7.